The molecule has 0 saturated carbocycles. The Morgan fingerprint density at radius 3 is 2.78 bits per heavy atom. The van der Waals surface area contributed by atoms with Gasteiger partial charge in [0, 0.05) is 31.0 Å². The van der Waals surface area contributed by atoms with Crippen LogP contribution in [0.25, 0.3) is 16.9 Å². The van der Waals surface area contributed by atoms with Crippen molar-refractivity contribution in [2.45, 2.75) is 59.0 Å². The van der Waals surface area contributed by atoms with Crippen LogP contribution in [0.3, 0.4) is 0 Å². The summed E-state index contributed by atoms with van der Waals surface area (Å²) in [6.07, 6.45) is 7.49. The monoisotopic (exact) mass is 364 g/mol. The molecule has 0 spiro atoms. The van der Waals surface area contributed by atoms with Crippen molar-refractivity contribution in [3.05, 3.63) is 48.0 Å². The molecule has 1 fully saturated rings. The van der Waals surface area contributed by atoms with Crippen molar-refractivity contribution in [3.63, 3.8) is 0 Å². The number of amides is 1. The van der Waals surface area contributed by atoms with Crippen molar-refractivity contribution in [2.24, 2.45) is 0 Å². The zero-order valence-corrected chi connectivity index (χ0v) is 16.6. The second kappa shape index (κ2) is 6.87. The lowest BCUT2D eigenvalue weighted by Crippen LogP contribution is -2.41. The summed E-state index contributed by atoms with van der Waals surface area (Å²) in [5.41, 5.74) is 3.61. The van der Waals surface area contributed by atoms with Gasteiger partial charge in [0.25, 0.3) is 5.91 Å². The third-order valence-electron chi connectivity index (χ3n) is 5.71. The molecular weight excluding hydrogens is 336 g/mol. The largest absolute Gasteiger partial charge is 0.336 e. The summed E-state index contributed by atoms with van der Waals surface area (Å²) in [5.74, 6) is 1.13. The lowest BCUT2D eigenvalue weighted by atomic mass is 10.0. The van der Waals surface area contributed by atoms with E-state index in [1.54, 1.807) is 0 Å². The molecule has 1 saturated heterocycles. The second-order valence-corrected chi connectivity index (χ2v) is 7.92. The maximum atomic E-state index is 13.3. The molecule has 0 radical (unpaired) electrons. The van der Waals surface area contributed by atoms with E-state index in [0.717, 1.165) is 47.7 Å². The minimum atomic E-state index is 0.136. The quantitative estimate of drug-likeness (QED) is 0.676. The SMILES string of the molecule is Cc1nc(-c2cc(C(=O)N3CCCC[C@@H]3C)c3ccccn23)cn1C(C)C. The van der Waals surface area contributed by atoms with E-state index in [-0.39, 0.29) is 5.91 Å². The van der Waals surface area contributed by atoms with Gasteiger partial charge in [-0.1, -0.05) is 6.07 Å². The van der Waals surface area contributed by atoms with Crippen molar-refractivity contribution < 1.29 is 4.79 Å². The van der Waals surface area contributed by atoms with Crippen LogP contribution < -0.4 is 0 Å². The van der Waals surface area contributed by atoms with E-state index in [0.29, 0.717) is 12.1 Å². The molecule has 0 aliphatic carbocycles. The first-order valence-electron chi connectivity index (χ1n) is 9.94. The van der Waals surface area contributed by atoms with Crippen molar-refractivity contribution in [2.75, 3.05) is 6.54 Å². The standard InChI is InChI=1S/C22H28N4O/c1-15(2)26-14-19(23-17(26)4)21-13-18(20-10-6-8-12-25(20)21)22(27)24-11-7-5-9-16(24)3/h6,8,10,12-16H,5,7,9,11H2,1-4H3/t16-/m0/s1. The van der Waals surface area contributed by atoms with Gasteiger partial charge in [-0.25, -0.2) is 4.98 Å². The lowest BCUT2D eigenvalue weighted by Gasteiger charge is -2.33. The van der Waals surface area contributed by atoms with E-state index >= 15 is 0 Å². The number of aromatic nitrogens is 3. The van der Waals surface area contributed by atoms with E-state index in [1.807, 2.05) is 42.3 Å². The summed E-state index contributed by atoms with van der Waals surface area (Å²) < 4.78 is 4.26. The van der Waals surface area contributed by atoms with E-state index in [1.165, 1.54) is 6.42 Å². The highest BCUT2D eigenvalue weighted by Crippen LogP contribution is 2.29. The molecule has 1 atom stereocenters. The Morgan fingerprint density at radius 2 is 2.07 bits per heavy atom. The number of rotatable bonds is 3. The normalized spacial score (nSPS) is 17.8. The molecule has 0 aromatic carbocycles. The van der Waals surface area contributed by atoms with Gasteiger partial charge >= 0.3 is 0 Å². The highest BCUT2D eigenvalue weighted by Gasteiger charge is 2.27. The zero-order valence-electron chi connectivity index (χ0n) is 16.6. The van der Waals surface area contributed by atoms with Gasteiger partial charge in [-0.15, -0.1) is 0 Å². The van der Waals surface area contributed by atoms with Gasteiger partial charge in [0.1, 0.15) is 11.5 Å². The smallest absolute Gasteiger partial charge is 0.256 e. The number of imidazole rings is 1. The number of pyridine rings is 1. The van der Waals surface area contributed by atoms with Crippen LogP contribution >= 0.6 is 0 Å². The van der Waals surface area contributed by atoms with Crippen LogP contribution in [0.5, 0.6) is 0 Å². The Labute approximate surface area is 160 Å². The molecule has 0 bridgehead atoms. The highest BCUT2D eigenvalue weighted by molar-refractivity contribution is 6.03. The molecule has 5 nitrogen and oxygen atoms in total. The van der Waals surface area contributed by atoms with Crippen molar-refractivity contribution in [1.29, 1.82) is 0 Å². The maximum absolute atomic E-state index is 13.3. The predicted octanol–water partition coefficient (Wildman–Crippen LogP) is 4.71. The lowest BCUT2D eigenvalue weighted by molar-refractivity contribution is 0.0638. The summed E-state index contributed by atoms with van der Waals surface area (Å²) in [7, 11) is 0. The number of hydrogen-bond acceptors (Lipinski definition) is 2. The first-order valence-corrected chi connectivity index (χ1v) is 9.94. The highest BCUT2D eigenvalue weighted by atomic mass is 16.2. The minimum absolute atomic E-state index is 0.136. The van der Waals surface area contributed by atoms with Crippen LogP contribution in [-0.2, 0) is 0 Å². The Balaban J connectivity index is 1.82. The maximum Gasteiger partial charge on any atom is 0.256 e. The Morgan fingerprint density at radius 1 is 1.26 bits per heavy atom. The average molecular weight is 364 g/mol. The number of carbonyl (C=O) groups is 1. The molecule has 1 aliphatic heterocycles. The van der Waals surface area contributed by atoms with E-state index in [2.05, 4.69) is 35.9 Å². The first kappa shape index (κ1) is 17.8. The molecule has 142 valence electrons. The van der Waals surface area contributed by atoms with E-state index < -0.39 is 0 Å². The molecule has 4 rings (SSSR count). The fraction of sp³-hybridized carbons (Fsp3) is 0.455. The van der Waals surface area contributed by atoms with E-state index in [9.17, 15) is 4.79 Å². The topological polar surface area (TPSA) is 42.5 Å². The molecule has 5 heteroatoms. The van der Waals surface area contributed by atoms with Gasteiger partial charge in [0.15, 0.2) is 0 Å². The number of carbonyl (C=O) groups excluding carboxylic acids is 1. The van der Waals surface area contributed by atoms with Crippen LogP contribution in [0.15, 0.2) is 36.7 Å². The summed E-state index contributed by atoms with van der Waals surface area (Å²) in [6, 6.07) is 8.69. The van der Waals surface area contributed by atoms with Crippen molar-refractivity contribution in [3.8, 4) is 11.4 Å². The number of aryl methyl sites for hydroxylation is 1. The number of hydrogen-bond donors (Lipinski definition) is 0. The zero-order chi connectivity index (χ0) is 19.1. The number of likely N-dealkylation sites (tertiary alicyclic amines) is 1. The van der Waals surface area contributed by atoms with Gasteiger partial charge < -0.3 is 13.9 Å². The summed E-state index contributed by atoms with van der Waals surface area (Å²) in [5, 5.41) is 0. The van der Waals surface area contributed by atoms with Crippen LogP contribution in [0, 0.1) is 6.92 Å². The molecule has 1 amide bonds. The van der Waals surface area contributed by atoms with Crippen LogP contribution in [0.1, 0.15) is 62.3 Å². The fourth-order valence-corrected chi connectivity index (χ4v) is 4.21. The van der Waals surface area contributed by atoms with Gasteiger partial charge in [-0.3, -0.25) is 4.79 Å². The van der Waals surface area contributed by atoms with Crippen LogP contribution in [0.2, 0.25) is 0 Å². The Kier molecular flexibility index (Phi) is 4.54. The summed E-state index contributed by atoms with van der Waals surface area (Å²) in [6.45, 7) is 9.34. The van der Waals surface area contributed by atoms with Gasteiger partial charge in [-0.2, -0.15) is 0 Å². The van der Waals surface area contributed by atoms with Crippen LogP contribution in [-0.4, -0.2) is 37.3 Å². The van der Waals surface area contributed by atoms with Gasteiger partial charge in [0.05, 0.1) is 16.8 Å². The molecule has 1 aliphatic rings. The molecule has 3 aromatic heterocycles. The average Bonchev–Trinajstić information content (AvgIpc) is 3.22. The third-order valence-corrected chi connectivity index (χ3v) is 5.71. The van der Waals surface area contributed by atoms with Gasteiger partial charge in [0.2, 0.25) is 0 Å². The molecule has 3 aromatic rings. The minimum Gasteiger partial charge on any atom is -0.336 e. The molecular formula is C22H28N4O. The number of piperidine rings is 1. The summed E-state index contributed by atoms with van der Waals surface area (Å²) in [4.78, 5) is 20.1. The van der Waals surface area contributed by atoms with Gasteiger partial charge in [-0.05, 0) is 65.2 Å². The Bertz CT molecular complexity index is 982. The summed E-state index contributed by atoms with van der Waals surface area (Å²) >= 11 is 0. The molecule has 4 heterocycles. The molecule has 0 unspecified atom stereocenters. The molecule has 27 heavy (non-hydrogen) atoms. The van der Waals surface area contributed by atoms with Crippen molar-refractivity contribution >= 4 is 11.4 Å². The Hall–Kier alpha value is -2.56. The third kappa shape index (κ3) is 3.05. The van der Waals surface area contributed by atoms with Crippen molar-refractivity contribution in [1.82, 2.24) is 18.9 Å². The molecule has 0 N–H and O–H groups in total. The van der Waals surface area contributed by atoms with Crippen LogP contribution in [0.4, 0.5) is 0 Å². The fourth-order valence-electron chi connectivity index (χ4n) is 4.21. The second-order valence-electron chi connectivity index (χ2n) is 7.92. The van der Waals surface area contributed by atoms with E-state index in [4.69, 9.17) is 4.98 Å². The predicted molar refractivity (Wildman–Crippen MR) is 108 cm³/mol. The first-order chi connectivity index (χ1) is 13.0. The number of nitrogens with zero attached hydrogens (tertiary/aromatic N) is 4. The number of fused-ring (bicyclic) bond motifs is 1.